The molecule has 0 aliphatic carbocycles. The van der Waals surface area contributed by atoms with Crippen molar-refractivity contribution in [2.45, 2.75) is 0 Å². The number of hydrogen-bond donors (Lipinski definition) is 12. The van der Waals surface area contributed by atoms with Gasteiger partial charge in [-0.15, -0.1) is 0 Å². The molecule has 22 heteroatoms. The molecule has 0 aliphatic heterocycles. The molecule has 0 aliphatic rings. The molecule has 0 unspecified atom stereocenters. The Morgan fingerprint density at radius 2 is 0.273 bits per heavy atom. The Labute approximate surface area is 137 Å². The van der Waals surface area contributed by atoms with Crippen LogP contribution < -0.4 is 0 Å². The van der Waals surface area contributed by atoms with Crippen LogP contribution >= 0.6 is 0 Å². The largest absolute Gasteiger partial charge is 0.631 e. The maximum atomic E-state index is 7.17. The van der Waals surface area contributed by atoms with Gasteiger partial charge in [0.1, 0.15) is 0 Å². The third-order valence-corrected chi connectivity index (χ3v) is 0. The van der Waals surface area contributed by atoms with Crippen LogP contribution in [0.1, 0.15) is 0 Å². The normalized spacial score (nSPS) is 4.91. The van der Waals surface area contributed by atoms with Gasteiger partial charge < -0.3 is 87.7 Å². The summed E-state index contributed by atoms with van der Waals surface area (Å²) in [6, 6.07) is 0. The standard InChI is InChI=1S/4BH3O3.5H2O.Zn/c4*2-1(3)4;;;;;;/h4*2-4H;5*1H2;. The summed E-state index contributed by atoms with van der Waals surface area (Å²) in [7, 11) is -8.67. The van der Waals surface area contributed by atoms with Crippen LogP contribution in [0.3, 0.4) is 0 Å². The monoisotopic (exact) mass is 402 g/mol. The molecule has 22 heavy (non-hydrogen) atoms. The van der Waals surface area contributed by atoms with E-state index in [1.165, 1.54) is 0 Å². The molecule has 22 N–H and O–H groups in total. The SMILES string of the molecule is O.O.O.O.O.OB(O)O.OB(O)O.OB(O)O.OB(O)O.[Zn]. The zero-order chi connectivity index (χ0) is 14.3. The minimum Gasteiger partial charge on any atom is -0.412 e. The van der Waals surface area contributed by atoms with Crippen LogP contribution in [-0.4, -0.2) is 117 Å². The average molecular weight is 403 g/mol. The number of hydrogen-bond acceptors (Lipinski definition) is 12. The van der Waals surface area contributed by atoms with Gasteiger partial charge in [-0.05, 0) is 0 Å². The van der Waals surface area contributed by atoms with Crippen LogP contribution in [0.4, 0.5) is 0 Å². The summed E-state index contributed by atoms with van der Waals surface area (Å²) in [5, 5.41) is 86.0. The van der Waals surface area contributed by atoms with Gasteiger partial charge >= 0.3 is 29.3 Å². The van der Waals surface area contributed by atoms with E-state index in [9.17, 15) is 0 Å². The van der Waals surface area contributed by atoms with E-state index in [1.807, 2.05) is 0 Å². The van der Waals surface area contributed by atoms with Crippen molar-refractivity contribution in [1.82, 2.24) is 0 Å². The molecular formula is H22B4O17Zn. The van der Waals surface area contributed by atoms with Crippen molar-refractivity contribution in [1.29, 1.82) is 0 Å². The van der Waals surface area contributed by atoms with E-state index in [0.29, 0.717) is 0 Å². The second kappa shape index (κ2) is 58.1. The van der Waals surface area contributed by atoms with Gasteiger partial charge in [-0.3, -0.25) is 0 Å². The Morgan fingerprint density at radius 3 is 0.273 bits per heavy atom. The predicted octanol–water partition coefficient (Wildman–Crippen LogP) is -12.3. The van der Waals surface area contributed by atoms with Gasteiger partial charge in [-0.1, -0.05) is 0 Å². The summed E-state index contributed by atoms with van der Waals surface area (Å²) in [6.07, 6.45) is 0. The molecule has 0 atom stereocenters. The molecule has 0 rings (SSSR count). The van der Waals surface area contributed by atoms with Gasteiger partial charge in [0, 0.05) is 19.5 Å². The van der Waals surface area contributed by atoms with Crippen molar-refractivity contribution < 1.29 is 107 Å². The Morgan fingerprint density at radius 1 is 0.273 bits per heavy atom. The molecule has 0 fully saturated rings. The topological polar surface area (TPSA) is 400 Å². The molecular weight excluding hydrogens is 381 g/mol. The Bertz CT molecular complexity index is 63.6. The molecule has 0 bridgehead atoms. The second-order valence-corrected chi connectivity index (χ2v) is 1.39. The minimum absolute atomic E-state index is 0. The Hall–Kier alpha value is 0.203. The third kappa shape index (κ3) is 181000. The average Bonchev–Trinajstić information content (AvgIpc) is 1.76. The maximum Gasteiger partial charge on any atom is 0.631 e. The molecule has 0 aromatic rings. The summed E-state index contributed by atoms with van der Waals surface area (Å²) < 4.78 is 0. The zero-order valence-corrected chi connectivity index (χ0v) is 13.9. The second-order valence-electron chi connectivity index (χ2n) is 1.39. The van der Waals surface area contributed by atoms with Gasteiger partial charge in [-0.25, -0.2) is 0 Å². The first-order valence-electron chi connectivity index (χ1n) is 3.10. The van der Waals surface area contributed by atoms with Crippen LogP contribution in [0, 0.1) is 0 Å². The molecule has 0 aromatic heterocycles. The molecule has 0 saturated heterocycles. The maximum absolute atomic E-state index is 7.17. The molecule has 0 heterocycles. The molecule has 0 radical (unpaired) electrons. The summed E-state index contributed by atoms with van der Waals surface area (Å²) in [4.78, 5) is 0. The van der Waals surface area contributed by atoms with Crippen LogP contribution in [0.5, 0.6) is 0 Å². The number of rotatable bonds is 0. The molecule has 138 valence electrons. The summed E-state index contributed by atoms with van der Waals surface area (Å²) >= 11 is 0. The minimum atomic E-state index is -2.17. The molecule has 0 saturated carbocycles. The van der Waals surface area contributed by atoms with E-state index in [2.05, 4.69) is 0 Å². The zero-order valence-electron chi connectivity index (χ0n) is 10.9. The van der Waals surface area contributed by atoms with Crippen LogP contribution in [0.2, 0.25) is 0 Å². The van der Waals surface area contributed by atoms with Crippen molar-refractivity contribution in [3.05, 3.63) is 0 Å². The van der Waals surface area contributed by atoms with Gasteiger partial charge in [0.15, 0.2) is 0 Å². The quantitative estimate of drug-likeness (QED) is 0.168. The van der Waals surface area contributed by atoms with Gasteiger partial charge in [0.05, 0.1) is 0 Å². The Kier molecular flexibility index (Phi) is 177. The molecule has 0 spiro atoms. The first kappa shape index (κ1) is 67.0. The van der Waals surface area contributed by atoms with Crippen molar-refractivity contribution in [3.63, 3.8) is 0 Å². The van der Waals surface area contributed by atoms with Gasteiger partial charge in [0.25, 0.3) is 0 Å². The first-order valence-corrected chi connectivity index (χ1v) is 3.10. The van der Waals surface area contributed by atoms with E-state index in [0.717, 1.165) is 0 Å². The van der Waals surface area contributed by atoms with E-state index in [4.69, 9.17) is 60.3 Å². The Balaban J connectivity index is -0.00000001000. The van der Waals surface area contributed by atoms with Gasteiger partial charge in [-0.2, -0.15) is 0 Å². The van der Waals surface area contributed by atoms with Crippen molar-refractivity contribution >= 4 is 29.3 Å². The van der Waals surface area contributed by atoms with E-state index in [1.54, 1.807) is 0 Å². The summed E-state index contributed by atoms with van der Waals surface area (Å²) in [5.41, 5.74) is 0. The molecule has 0 amide bonds. The van der Waals surface area contributed by atoms with E-state index in [-0.39, 0.29) is 46.9 Å². The van der Waals surface area contributed by atoms with Crippen LogP contribution in [-0.2, 0) is 19.5 Å². The van der Waals surface area contributed by atoms with E-state index < -0.39 is 29.3 Å². The van der Waals surface area contributed by atoms with Gasteiger partial charge in [0.2, 0.25) is 0 Å². The summed E-state index contributed by atoms with van der Waals surface area (Å²) in [5.74, 6) is 0. The van der Waals surface area contributed by atoms with Crippen LogP contribution in [0.25, 0.3) is 0 Å². The fourth-order valence-corrected chi connectivity index (χ4v) is 0. The van der Waals surface area contributed by atoms with Crippen LogP contribution in [0.15, 0.2) is 0 Å². The van der Waals surface area contributed by atoms with Crippen molar-refractivity contribution in [2.24, 2.45) is 0 Å². The third-order valence-electron chi connectivity index (χ3n) is 0. The fraction of sp³-hybridized carbons (Fsp3) is 0. The summed E-state index contributed by atoms with van der Waals surface area (Å²) in [6.45, 7) is 0. The molecule has 0 aromatic carbocycles. The fourth-order valence-electron chi connectivity index (χ4n) is 0. The first-order chi connectivity index (χ1) is 6.93. The van der Waals surface area contributed by atoms with E-state index >= 15 is 0 Å². The smallest absolute Gasteiger partial charge is 0.412 e. The molecule has 17 nitrogen and oxygen atoms in total. The van der Waals surface area contributed by atoms with Crippen molar-refractivity contribution in [2.75, 3.05) is 0 Å². The van der Waals surface area contributed by atoms with Crippen molar-refractivity contribution in [3.8, 4) is 0 Å². The predicted molar refractivity (Wildman–Crippen MR) is 67.7 cm³/mol.